The first-order chi connectivity index (χ1) is 14.3. The minimum atomic E-state index is -0.0567. The number of piperidine rings is 1. The zero-order valence-electron chi connectivity index (χ0n) is 17.8. The van der Waals surface area contributed by atoms with Crippen molar-refractivity contribution >= 4 is 34.2 Å². The molecule has 0 radical (unpaired) electrons. The average molecular weight is 427 g/mol. The molecule has 8 heteroatoms. The average Bonchev–Trinajstić information content (AvgIpc) is 3.06. The number of carbonyl (C=O) groups excluding carboxylic acids is 1. The lowest BCUT2D eigenvalue weighted by Gasteiger charge is -2.33. The molecule has 1 saturated heterocycles. The van der Waals surface area contributed by atoms with Crippen LogP contribution in [-0.2, 0) is 4.79 Å². The summed E-state index contributed by atoms with van der Waals surface area (Å²) in [6.45, 7) is 9.43. The van der Waals surface area contributed by atoms with E-state index in [2.05, 4.69) is 20.4 Å². The molecule has 7 nitrogen and oxygen atoms in total. The van der Waals surface area contributed by atoms with Crippen LogP contribution in [0, 0.1) is 19.8 Å². The molecule has 1 aromatic carbocycles. The normalized spacial score (nSPS) is 17.0. The van der Waals surface area contributed by atoms with Crippen molar-refractivity contribution in [2.45, 2.75) is 46.6 Å². The van der Waals surface area contributed by atoms with E-state index >= 15 is 0 Å². The lowest BCUT2D eigenvalue weighted by atomic mass is 9.96. The van der Waals surface area contributed by atoms with Gasteiger partial charge in [-0.1, -0.05) is 11.6 Å². The van der Waals surface area contributed by atoms with Gasteiger partial charge < -0.3 is 10.2 Å². The van der Waals surface area contributed by atoms with Crippen LogP contribution >= 0.6 is 11.6 Å². The second-order valence-corrected chi connectivity index (χ2v) is 8.69. The van der Waals surface area contributed by atoms with Crippen LogP contribution in [0.2, 0.25) is 5.02 Å². The summed E-state index contributed by atoms with van der Waals surface area (Å²) >= 11 is 6.05. The molecule has 1 N–H and O–H groups in total. The van der Waals surface area contributed by atoms with Crippen LogP contribution < -0.4 is 10.2 Å². The number of rotatable bonds is 4. The standard InChI is InChI=1S/C22H27ClN6O/c1-13(2)24-22(30)16-6-5-11-28(12-16)21-20-19(14(3)25-26-21)15(4)29(27-20)18-9-7-17(23)8-10-18/h7-10,13,16H,5-6,11-12H2,1-4H3,(H,24,30). The summed E-state index contributed by atoms with van der Waals surface area (Å²) in [5.41, 5.74) is 3.61. The van der Waals surface area contributed by atoms with E-state index in [-0.39, 0.29) is 17.9 Å². The van der Waals surface area contributed by atoms with Gasteiger partial charge in [-0.15, -0.1) is 5.10 Å². The molecule has 158 valence electrons. The number of hydrogen-bond donors (Lipinski definition) is 1. The quantitative estimate of drug-likeness (QED) is 0.686. The van der Waals surface area contributed by atoms with E-state index in [4.69, 9.17) is 16.7 Å². The van der Waals surface area contributed by atoms with Gasteiger partial charge in [0.05, 0.1) is 28.4 Å². The fraction of sp³-hybridized carbons (Fsp3) is 0.455. The summed E-state index contributed by atoms with van der Waals surface area (Å²) < 4.78 is 1.91. The van der Waals surface area contributed by atoms with Crippen molar-refractivity contribution in [3.63, 3.8) is 0 Å². The number of nitrogens with zero attached hydrogens (tertiary/aromatic N) is 5. The molecule has 0 bridgehead atoms. The highest BCUT2D eigenvalue weighted by Gasteiger charge is 2.29. The maximum atomic E-state index is 12.6. The maximum absolute atomic E-state index is 12.6. The van der Waals surface area contributed by atoms with Crippen molar-refractivity contribution in [2.75, 3.05) is 18.0 Å². The maximum Gasteiger partial charge on any atom is 0.225 e. The van der Waals surface area contributed by atoms with Gasteiger partial charge in [0.1, 0.15) is 5.52 Å². The number of carbonyl (C=O) groups is 1. The highest BCUT2D eigenvalue weighted by atomic mass is 35.5. The summed E-state index contributed by atoms with van der Waals surface area (Å²) in [4.78, 5) is 14.7. The van der Waals surface area contributed by atoms with E-state index in [1.54, 1.807) is 0 Å². The lowest BCUT2D eigenvalue weighted by Crippen LogP contribution is -2.45. The lowest BCUT2D eigenvalue weighted by molar-refractivity contribution is -0.125. The number of aromatic nitrogens is 4. The summed E-state index contributed by atoms with van der Waals surface area (Å²) in [7, 11) is 0. The third kappa shape index (κ3) is 3.86. The van der Waals surface area contributed by atoms with E-state index in [0.29, 0.717) is 11.6 Å². The number of aryl methyl sites for hydroxylation is 2. The summed E-state index contributed by atoms with van der Waals surface area (Å²) in [6, 6.07) is 7.75. The monoisotopic (exact) mass is 426 g/mol. The van der Waals surface area contributed by atoms with Crippen LogP contribution in [0.4, 0.5) is 5.82 Å². The van der Waals surface area contributed by atoms with Crippen LogP contribution in [0.5, 0.6) is 0 Å². The first-order valence-corrected chi connectivity index (χ1v) is 10.8. The predicted molar refractivity (Wildman–Crippen MR) is 119 cm³/mol. The Morgan fingerprint density at radius 2 is 1.93 bits per heavy atom. The zero-order chi connectivity index (χ0) is 21.4. The Morgan fingerprint density at radius 1 is 1.20 bits per heavy atom. The number of amides is 1. The Hall–Kier alpha value is -2.67. The molecule has 1 aliphatic rings. The highest BCUT2D eigenvalue weighted by Crippen LogP contribution is 2.31. The summed E-state index contributed by atoms with van der Waals surface area (Å²) in [5, 5.41) is 18.5. The van der Waals surface area contributed by atoms with E-state index in [1.165, 1.54) is 0 Å². The van der Waals surface area contributed by atoms with Gasteiger partial charge in [0.15, 0.2) is 5.82 Å². The van der Waals surface area contributed by atoms with Crippen LogP contribution in [0.3, 0.4) is 0 Å². The van der Waals surface area contributed by atoms with Gasteiger partial charge in [-0.2, -0.15) is 10.2 Å². The first kappa shape index (κ1) is 20.6. The molecule has 1 amide bonds. The number of fused-ring (bicyclic) bond motifs is 1. The van der Waals surface area contributed by atoms with Gasteiger partial charge in [0.25, 0.3) is 0 Å². The first-order valence-electron chi connectivity index (χ1n) is 10.4. The van der Waals surface area contributed by atoms with Crippen LogP contribution in [-0.4, -0.2) is 45.0 Å². The minimum Gasteiger partial charge on any atom is -0.354 e. The number of halogens is 1. The fourth-order valence-corrected chi connectivity index (χ4v) is 4.27. The van der Waals surface area contributed by atoms with Crippen molar-refractivity contribution < 1.29 is 4.79 Å². The zero-order valence-corrected chi connectivity index (χ0v) is 18.6. The summed E-state index contributed by atoms with van der Waals surface area (Å²) in [5.74, 6) is 0.793. The molecule has 3 heterocycles. The molecular formula is C22H27ClN6O. The topological polar surface area (TPSA) is 75.9 Å². The Balaban J connectivity index is 1.73. The second-order valence-electron chi connectivity index (χ2n) is 8.25. The molecule has 3 aromatic rings. The Bertz CT molecular complexity index is 1080. The van der Waals surface area contributed by atoms with E-state index in [1.807, 2.05) is 56.6 Å². The third-order valence-corrected chi connectivity index (χ3v) is 5.83. The Morgan fingerprint density at radius 3 is 2.63 bits per heavy atom. The molecule has 1 unspecified atom stereocenters. The van der Waals surface area contributed by atoms with Crippen molar-refractivity contribution in [1.82, 2.24) is 25.3 Å². The number of anilines is 1. The summed E-state index contributed by atoms with van der Waals surface area (Å²) in [6.07, 6.45) is 1.82. The van der Waals surface area contributed by atoms with Gasteiger partial charge in [-0.25, -0.2) is 4.68 Å². The van der Waals surface area contributed by atoms with Crippen LogP contribution in [0.25, 0.3) is 16.6 Å². The van der Waals surface area contributed by atoms with Gasteiger partial charge in [-0.05, 0) is 64.8 Å². The van der Waals surface area contributed by atoms with Crippen molar-refractivity contribution in [3.8, 4) is 5.69 Å². The molecule has 1 aliphatic heterocycles. The molecule has 0 spiro atoms. The van der Waals surface area contributed by atoms with E-state index in [9.17, 15) is 4.79 Å². The Kier molecular flexibility index (Phi) is 5.64. The smallest absolute Gasteiger partial charge is 0.225 e. The molecule has 2 aromatic heterocycles. The van der Waals surface area contributed by atoms with Gasteiger partial charge >= 0.3 is 0 Å². The SMILES string of the molecule is Cc1nnc(N2CCCC(C(=O)NC(C)C)C2)c2nn(-c3ccc(Cl)cc3)c(C)c12. The molecule has 0 saturated carbocycles. The van der Waals surface area contributed by atoms with Crippen molar-refractivity contribution in [3.05, 3.63) is 40.7 Å². The van der Waals surface area contributed by atoms with Crippen molar-refractivity contribution in [2.24, 2.45) is 5.92 Å². The predicted octanol–water partition coefficient (Wildman–Crippen LogP) is 3.83. The number of hydrogen-bond acceptors (Lipinski definition) is 5. The number of benzene rings is 1. The van der Waals surface area contributed by atoms with E-state index in [0.717, 1.165) is 53.2 Å². The molecular weight excluding hydrogens is 400 g/mol. The molecule has 30 heavy (non-hydrogen) atoms. The largest absolute Gasteiger partial charge is 0.354 e. The second kappa shape index (κ2) is 8.22. The molecule has 1 fully saturated rings. The van der Waals surface area contributed by atoms with Crippen LogP contribution in [0.15, 0.2) is 24.3 Å². The molecule has 4 rings (SSSR count). The van der Waals surface area contributed by atoms with Gasteiger partial charge in [0, 0.05) is 24.2 Å². The third-order valence-electron chi connectivity index (χ3n) is 5.58. The minimum absolute atomic E-state index is 0.0567. The molecule has 1 atom stereocenters. The van der Waals surface area contributed by atoms with Crippen molar-refractivity contribution in [1.29, 1.82) is 0 Å². The van der Waals surface area contributed by atoms with Gasteiger partial charge in [0.2, 0.25) is 5.91 Å². The molecule has 0 aliphatic carbocycles. The highest BCUT2D eigenvalue weighted by molar-refractivity contribution is 6.30. The Labute approximate surface area is 181 Å². The van der Waals surface area contributed by atoms with Crippen LogP contribution in [0.1, 0.15) is 38.1 Å². The van der Waals surface area contributed by atoms with E-state index < -0.39 is 0 Å². The van der Waals surface area contributed by atoms with Gasteiger partial charge in [-0.3, -0.25) is 4.79 Å². The fourth-order valence-electron chi connectivity index (χ4n) is 4.14. The number of nitrogens with one attached hydrogen (secondary N) is 1.